The van der Waals surface area contributed by atoms with E-state index in [9.17, 15) is 18.4 Å². The van der Waals surface area contributed by atoms with Gasteiger partial charge in [0.1, 0.15) is 29.1 Å². The number of carbonyl (C=O) groups is 2. The van der Waals surface area contributed by atoms with Gasteiger partial charge in [-0.25, -0.2) is 8.78 Å². The van der Waals surface area contributed by atoms with Gasteiger partial charge < -0.3 is 0 Å². The number of aromatic nitrogens is 1. The molecule has 0 spiro atoms. The minimum absolute atomic E-state index is 0. The van der Waals surface area contributed by atoms with Crippen LogP contribution in [0.3, 0.4) is 0 Å². The molecule has 0 saturated heterocycles. The monoisotopic (exact) mass is 482 g/mol. The number of benzene rings is 1. The summed E-state index contributed by atoms with van der Waals surface area (Å²) in [7, 11) is 0. The van der Waals surface area contributed by atoms with Crippen LogP contribution in [0.2, 0.25) is 0 Å². The summed E-state index contributed by atoms with van der Waals surface area (Å²) in [5, 5.41) is 0. The van der Waals surface area contributed by atoms with Gasteiger partial charge >= 0.3 is 0 Å². The van der Waals surface area contributed by atoms with Crippen LogP contribution in [-0.2, 0) is 29.7 Å². The summed E-state index contributed by atoms with van der Waals surface area (Å²) in [6.07, 6.45) is 1.43. The van der Waals surface area contributed by atoms with Crippen molar-refractivity contribution in [2.24, 2.45) is 0 Å². The van der Waals surface area contributed by atoms with Crippen LogP contribution in [-0.4, -0.2) is 16.6 Å². The predicted molar refractivity (Wildman–Crippen MR) is 73.7 cm³/mol. The summed E-state index contributed by atoms with van der Waals surface area (Å²) in [6, 6.07) is 6.21. The van der Waals surface area contributed by atoms with E-state index in [2.05, 4.69) is 4.98 Å². The largest absolute Gasteiger partial charge is 0.299 e. The normalized spacial score (nSPS) is 10.2. The zero-order valence-corrected chi connectivity index (χ0v) is 14.3. The summed E-state index contributed by atoms with van der Waals surface area (Å²) in [5.41, 5.74) is 0.549. The Bertz CT molecular complexity index is 705. The van der Waals surface area contributed by atoms with E-state index >= 15 is 0 Å². The number of hydrogen-bond donors (Lipinski definition) is 0. The quantitative estimate of drug-likeness (QED) is 0.630. The van der Waals surface area contributed by atoms with Gasteiger partial charge in [0.2, 0.25) is 0 Å². The Balaban J connectivity index is 0.00000242. The molecule has 0 bridgehead atoms. The molecular formula is C16H13F2IrNO2. The Morgan fingerprint density at radius 3 is 2.27 bits per heavy atom. The van der Waals surface area contributed by atoms with E-state index in [0.29, 0.717) is 5.56 Å². The smallest absolute Gasteiger partial charge is 0.144 e. The molecule has 2 rings (SSSR count). The van der Waals surface area contributed by atoms with E-state index in [1.807, 2.05) is 0 Å². The van der Waals surface area contributed by atoms with Crippen molar-refractivity contribution in [1.29, 1.82) is 0 Å². The summed E-state index contributed by atoms with van der Waals surface area (Å²) < 4.78 is 26.9. The molecule has 0 N–H and O–H groups in total. The van der Waals surface area contributed by atoms with Crippen molar-refractivity contribution >= 4 is 11.6 Å². The van der Waals surface area contributed by atoms with Crippen LogP contribution in [0.1, 0.15) is 25.3 Å². The maximum Gasteiger partial charge on any atom is 0.144 e. The zero-order valence-electron chi connectivity index (χ0n) is 11.9. The molecule has 0 atom stereocenters. The van der Waals surface area contributed by atoms with Crippen LogP contribution in [0.4, 0.5) is 8.78 Å². The molecule has 1 aromatic carbocycles. The molecule has 0 aliphatic heterocycles. The molecule has 0 fully saturated rings. The van der Waals surface area contributed by atoms with Gasteiger partial charge in [0.15, 0.2) is 0 Å². The zero-order chi connectivity index (χ0) is 15.6. The van der Waals surface area contributed by atoms with Gasteiger partial charge in [-0.15, -0.1) is 0 Å². The Kier molecular flexibility index (Phi) is 6.21. The first-order valence-electron chi connectivity index (χ1n) is 6.33. The maximum absolute atomic E-state index is 13.9. The second-order valence-electron chi connectivity index (χ2n) is 4.72. The molecule has 2 aromatic rings. The van der Waals surface area contributed by atoms with E-state index in [1.54, 1.807) is 12.1 Å². The molecular weight excluding hydrogens is 468 g/mol. The number of ketones is 2. The Morgan fingerprint density at radius 1 is 1.09 bits per heavy atom. The van der Waals surface area contributed by atoms with Crippen molar-refractivity contribution in [2.45, 2.75) is 19.8 Å². The molecule has 0 unspecified atom stereocenters. The van der Waals surface area contributed by atoms with E-state index in [1.165, 1.54) is 26.1 Å². The Morgan fingerprint density at radius 2 is 1.73 bits per heavy atom. The fourth-order valence-electron chi connectivity index (χ4n) is 2.28. The maximum atomic E-state index is 13.9. The summed E-state index contributed by atoms with van der Waals surface area (Å²) in [5.74, 6) is -3.19. The molecule has 1 aromatic heterocycles. The minimum Gasteiger partial charge on any atom is -0.299 e. The van der Waals surface area contributed by atoms with Crippen LogP contribution < -0.4 is 0 Å². The molecule has 1 heterocycles. The van der Waals surface area contributed by atoms with Gasteiger partial charge in [-0.1, -0.05) is 6.07 Å². The minimum atomic E-state index is -1.00. The van der Waals surface area contributed by atoms with Crippen LogP contribution in [0, 0.1) is 11.6 Å². The molecule has 0 saturated carbocycles. The average molecular weight is 481 g/mol. The summed E-state index contributed by atoms with van der Waals surface area (Å²) in [6.45, 7) is 2.59. The van der Waals surface area contributed by atoms with Crippen molar-refractivity contribution in [3.63, 3.8) is 0 Å². The molecule has 22 heavy (non-hydrogen) atoms. The third-order valence-corrected chi connectivity index (χ3v) is 3.15. The van der Waals surface area contributed by atoms with Crippen LogP contribution >= 0.6 is 0 Å². The van der Waals surface area contributed by atoms with E-state index in [0.717, 1.165) is 12.1 Å². The molecule has 0 amide bonds. The van der Waals surface area contributed by atoms with Crippen LogP contribution in [0.15, 0.2) is 36.5 Å². The van der Waals surface area contributed by atoms with Gasteiger partial charge in [-0.2, -0.15) is 0 Å². The van der Waals surface area contributed by atoms with E-state index in [-0.39, 0.29) is 42.9 Å². The molecule has 117 valence electrons. The number of pyridine rings is 1. The molecule has 6 heteroatoms. The number of nitrogens with zero attached hydrogens (tertiary/aromatic N) is 1. The van der Waals surface area contributed by atoms with Gasteiger partial charge in [-0.3, -0.25) is 14.6 Å². The summed E-state index contributed by atoms with van der Waals surface area (Å²) >= 11 is 0. The number of carbonyl (C=O) groups excluding carboxylic acids is 2. The number of Topliss-reactive ketones (excluding diaryl/α,β-unsaturated/α-hetero) is 2. The van der Waals surface area contributed by atoms with Crippen molar-refractivity contribution in [1.82, 2.24) is 4.98 Å². The van der Waals surface area contributed by atoms with Crippen molar-refractivity contribution in [3.05, 3.63) is 53.7 Å². The van der Waals surface area contributed by atoms with Gasteiger partial charge in [0.25, 0.3) is 0 Å². The standard InChI is InChI=1S/C16H13F2NO2.Ir/c1-9(20)15(10(2)21)13-4-3-7-19-16(13)12-6-5-11(17)8-14(12)18;/h3-8,15H,1-2H3;. The molecule has 1 radical (unpaired) electrons. The molecule has 3 nitrogen and oxygen atoms in total. The number of rotatable bonds is 4. The van der Waals surface area contributed by atoms with Gasteiger partial charge in [0.05, 0.1) is 5.69 Å². The molecule has 0 aliphatic rings. The molecule has 0 aliphatic carbocycles. The number of halogens is 2. The van der Waals surface area contributed by atoms with E-state index < -0.39 is 17.6 Å². The fourth-order valence-corrected chi connectivity index (χ4v) is 2.28. The SMILES string of the molecule is CC(=O)C(C(C)=O)c1cccnc1-c1ccc(F)cc1F.[Ir]. The van der Waals surface area contributed by atoms with Gasteiger partial charge in [-0.05, 0) is 37.6 Å². The van der Waals surface area contributed by atoms with Gasteiger partial charge in [0, 0.05) is 37.9 Å². The fraction of sp³-hybridized carbons (Fsp3) is 0.188. The second kappa shape index (κ2) is 7.47. The third-order valence-electron chi connectivity index (χ3n) is 3.15. The Labute approximate surface area is 140 Å². The topological polar surface area (TPSA) is 47.0 Å². The third kappa shape index (κ3) is 3.70. The first-order chi connectivity index (χ1) is 9.91. The first-order valence-corrected chi connectivity index (χ1v) is 6.33. The van der Waals surface area contributed by atoms with Crippen molar-refractivity contribution in [2.75, 3.05) is 0 Å². The van der Waals surface area contributed by atoms with Crippen LogP contribution in [0.25, 0.3) is 11.3 Å². The summed E-state index contributed by atoms with van der Waals surface area (Å²) in [4.78, 5) is 27.5. The number of hydrogen-bond acceptors (Lipinski definition) is 3. The first kappa shape index (κ1) is 18.3. The second-order valence-corrected chi connectivity index (χ2v) is 4.72. The average Bonchev–Trinajstić information content (AvgIpc) is 2.39. The predicted octanol–water partition coefficient (Wildman–Crippen LogP) is 3.29. The van der Waals surface area contributed by atoms with Crippen molar-refractivity contribution < 1.29 is 38.5 Å². The van der Waals surface area contributed by atoms with E-state index in [4.69, 9.17) is 0 Å². The van der Waals surface area contributed by atoms with Crippen molar-refractivity contribution in [3.8, 4) is 11.3 Å². The van der Waals surface area contributed by atoms with Crippen LogP contribution in [0.5, 0.6) is 0 Å². The Hall–Kier alpha value is -1.78.